The lowest BCUT2D eigenvalue weighted by atomic mass is 10.1. The quantitative estimate of drug-likeness (QED) is 0.878. The van der Waals surface area contributed by atoms with Crippen LogP contribution in [0.3, 0.4) is 0 Å². The summed E-state index contributed by atoms with van der Waals surface area (Å²) in [5.41, 5.74) is 1.95. The largest absolute Gasteiger partial charge is 0.396 e. The van der Waals surface area contributed by atoms with Gasteiger partial charge in [0.2, 0.25) is 5.91 Å². The minimum Gasteiger partial charge on any atom is -0.396 e. The molecule has 1 aromatic heterocycles. The van der Waals surface area contributed by atoms with Gasteiger partial charge in [-0.25, -0.2) is 0 Å². The van der Waals surface area contributed by atoms with Crippen molar-refractivity contribution in [3.8, 4) is 0 Å². The number of carbonyl (C=O) groups excluding carboxylic acids is 1. The van der Waals surface area contributed by atoms with Gasteiger partial charge in [-0.2, -0.15) is 0 Å². The number of amides is 1. The Hall–Kier alpha value is -1.42. The first kappa shape index (κ1) is 14.0. The van der Waals surface area contributed by atoms with Crippen molar-refractivity contribution in [2.24, 2.45) is 0 Å². The van der Waals surface area contributed by atoms with Gasteiger partial charge in [0, 0.05) is 31.1 Å². The molecule has 0 spiro atoms. The summed E-state index contributed by atoms with van der Waals surface area (Å²) in [4.78, 5) is 18.5. The number of aliphatic hydroxyl groups excluding tert-OH is 1. The number of aryl methyl sites for hydroxylation is 1. The van der Waals surface area contributed by atoms with Gasteiger partial charge in [0.15, 0.2) is 0 Å². The molecule has 1 unspecified atom stereocenters. The van der Waals surface area contributed by atoms with Crippen LogP contribution in [0.5, 0.6) is 0 Å². The Morgan fingerprint density at radius 1 is 1.53 bits per heavy atom. The van der Waals surface area contributed by atoms with E-state index in [1.54, 1.807) is 6.20 Å². The highest BCUT2D eigenvalue weighted by Gasteiger charge is 2.27. The molecule has 19 heavy (non-hydrogen) atoms. The number of carbonyl (C=O) groups is 1. The Kier molecular flexibility index (Phi) is 4.91. The van der Waals surface area contributed by atoms with E-state index in [0.29, 0.717) is 12.5 Å². The summed E-state index contributed by atoms with van der Waals surface area (Å²) in [6.45, 7) is 3.01. The summed E-state index contributed by atoms with van der Waals surface area (Å²) >= 11 is 0. The molecule has 1 amide bonds. The molecule has 0 bridgehead atoms. The molecule has 1 atom stereocenters. The molecular formula is C15H22N2O2. The smallest absolute Gasteiger partial charge is 0.227 e. The van der Waals surface area contributed by atoms with Crippen molar-refractivity contribution in [3.63, 3.8) is 0 Å². The highest BCUT2D eigenvalue weighted by atomic mass is 16.3. The highest BCUT2D eigenvalue weighted by molar-refractivity contribution is 5.79. The molecule has 1 aromatic rings. The molecule has 2 heterocycles. The molecule has 4 heteroatoms. The number of aliphatic hydroxyl groups is 1. The summed E-state index contributed by atoms with van der Waals surface area (Å²) < 4.78 is 0. The van der Waals surface area contributed by atoms with Crippen molar-refractivity contribution in [2.45, 2.75) is 45.1 Å². The van der Waals surface area contributed by atoms with E-state index in [9.17, 15) is 4.79 Å². The zero-order chi connectivity index (χ0) is 13.7. The predicted octanol–water partition coefficient (Wildman–Crippen LogP) is 1.70. The van der Waals surface area contributed by atoms with Crippen LogP contribution >= 0.6 is 0 Å². The van der Waals surface area contributed by atoms with Gasteiger partial charge in [-0.3, -0.25) is 9.78 Å². The van der Waals surface area contributed by atoms with Crippen LogP contribution in [0.2, 0.25) is 0 Å². The van der Waals surface area contributed by atoms with E-state index in [2.05, 4.69) is 4.98 Å². The maximum absolute atomic E-state index is 12.3. The van der Waals surface area contributed by atoms with Gasteiger partial charge < -0.3 is 10.0 Å². The van der Waals surface area contributed by atoms with Crippen LogP contribution < -0.4 is 0 Å². The van der Waals surface area contributed by atoms with Crippen molar-refractivity contribution in [2.75, 3.05) is 13.2 Å². The lowest BCUT2D eigenvalue weighted by Gasteiger charge is -2.24. The SMILES string of the molecule is Cc1ccc(CC(=O)N2CCCC2CCCO)cn1. The first-order valence-electron chi connectivity index (χ1n) is 7.02. The first-order valence-corrected chi connectivity index (χ1v) is 7.02. The van der Waals surface area contributed by atoms with E-state index >= 15 is 0 Å². The molecule has 1 aliphatic rings. The van der Waals surface area contributed by atoms with Gasteiger partial charge >= 0.3 is 0 Å². The van der Waals surface area contributed by atoms with E-state index in [4.69, 9.17) is 5.11 Å². The Bertz CT molecular complexity index is 417. The van der Waals surface area contributed by atoms with Crippen molar-refractivity contribution in [1.82, 2.24) is 9.88 Å². The molecule has 1 N–H and O–H groups in total. The molecule has 2 rings (SSSR count). The van der Waals surface area contributed by atoms with Gasteiger partial charge in [-0.1, -0.05) is 6.07 Å². The Labute approximate surface area is 114 Å². The number of likely N-dealkylation sites (tertiary alicyclic amines) is 1. The summed E-state index contributed by atoms with van der Waals surface area (Å²) in [6, 6.07) is 4.23. The molecule has 1 saturated heterocycles. The van der Waals surface area contributed by atoms with E-state index < -0.39 is 0 Å². The number of rotatable bonds is 5. The first-order chi connectivity index (χ1) is 9.20. The van der Waals surface area contributed by atoms with E-state index in [1.807, 2.05) is 24.0 Å². The van der Waals surface area contributed by atoms with Gasteiger partial charge in [0.05, 0.1) is 6.42 Å². The molecule has 1 fully saturated rings. The average molecular weight is 262 g/mol. The molecule has 0 aromatic carbocycles. The number of hydrogen-bond donors (Lipinski definition) is 1. The Morgan fingerprint density at radius 3 is 3.05 bits per heavy atom. The van der Waals surface area contributed by atoms with E-state index in [-0.39, 0.29) is 12.5 Å². The fourth-order valence-electron chi connectivity index (χ4n) is 2.67. The summed E-state index contributed by atoms with van der Waals surface area (Å²) in [6.07, 6.45) is 6.05. The number of nitrogens with zero attached hydrogens (tertiary/aromatic N) is 2. The number of pyridine rings is 1. The third-order valence-electron chi connectivity index (χ3n) is 3.72. The standard InChI is InChI=1S/C15H22N2O2/c1-12-6-7-13(11-16-12)10-15(19)17-8-2-4-14(17)5-3-9-18/h6-7,11,14,18H,2-5,8-10H2,1H3. The Morgan fingerprint density at radius 2 is 2.37 bits per heavy atom. The number of aromatic nitrogens is 1. The van der Waals surface area contributed by atoms with E-state index in [0.717, 1.165) is 43.5 Å². The van der Waals surface area contributed by atoms with Crippen LogP contribution in [0.15, 0.2) is 18.3 Å². The zero-order valence-corrected chi connectivity index (χ0v) is 11.5. The monoisotopic (exact) mass is 262 g/mol. The van der Waals surface area contributed by atoms with Gasteiger partial charge in [-0.15, -0.1) is 0 Å². The third-order valence-corrected chi connectivity index (χ3v) is 3.72. The van der Waals surface area contributed by atoms with Crippen LogP contribution in [0.4, 0.5) is 0 Å². The van der Waals surface area contributed by atoms with Crippen LogP contribution in [-0.2, 0) is 11.2 Å². The molecule has 104 valence electrons. The van der Waals surface area contributed by atoms with Crippen molar-refractivity contribution >= 4 is 5.91 Å². The molecular weight excluding hydrogens is 240 g/mol. The van der Waals surface area contributed by atoms with Gasteiger partial charge in [0.1, 0.15) is 0 Å². The minimum absolute atomic E-state index is 0.186. The van der Waals surface area contributed by atoms with Crippen molar-refractivity contribution < 1.29 is 9.90 Å². The second kappa shape index (κ2) is 6.66. The topological polar surface area (TPSA) is 53.4 Å². The lowest BCUT2D eigenvalue weighted by Crippen LogP contribution is -2.36. The maximum Gasteiger partial charge on any atom is 0.227 e. The van der Waals surface area contributed by atoms with Crippen LogP contribution in [0.1, 0.15) is 36.9 Å². The minimum atomic E-state index is 0.186. The summed E-state index contributed by atoms with van der Waals surface area (Å²) in [5.74, 6) is 0.186. The van der Waals surface area contributed by atoms with E-state index in [1.165, 1.54) is 0 Å². The van der Waals surface area contributed by atoms with Crippen molar-refractivity contribution in [3.05, 3.63) is 29.6 Å². The normalized spacial score (nSPS) is 18.8. The van der Waals surface area contributed by atoms with Gasteiger partial charge in [-0.05, 0) is 44.2 Å². The fourth-order valence-corrected chi connectivity index (χ4v) is 2.67. The molecule has 0 radical (unpaired) electrons. The lowest BCUT2D eigenvalue weighted by molar-refractivity contribution is -0.131. The number of hydrogen-bond acceptors (Lipinski definition) is 3. The summed E-state index contributed by atoms with van der Waals surface area (Å²) in [5, 5.41) is 8.90. The second-order valence-electron chi connectivity index (χ2n) is 5.23. The zero-order valence-electron chi connectivity index (χ0n) is 11.5. The van der Waals surface area contributed by atoms with Crippen LogP contribution in [0, 0.1) is 6.92 Å². The van der Waals surface area contributed by atoms with Crippen LogP contribution in [0.25, 0.3) is 0 Å². The summed E-state index contributed by atoms with van der Waals surface area (Å²) in [7, 11) is 0. The third kappa shape index (κ3) is 3.77. The second-order valence-corrected chi connectivity index (χ2v) is 5.23. The average Bonchev–Trinajstić information content (AvgIpc) is 2.87. The molecule has 0 aliphatic carbocycles. The highest BCUT2D eigenvalue weighted by Crippen LogP contribution is 2.22. The Balaban J connectivity index is 1.93. The van der Waals surface area contributed by atoms with Crippen molar-refractivity contribution in [1.29, 1.82) is 0 Å². The van der Waals surface area contributed by atoms with Gasteiger partial charge in [0.25, 0.3) is 0 Å². The predicted molar refractivity (Wildman–Crippen MR) is 73.7 cm³/mol. The molecule has 4 nitrogen and oxygen atoms in total. The fraction of sp³-hybridized carbons (Fsp3) is 0.600. The maximum atomic E-state index is 12.3. The molecule has 0 saturated carbocycles. The van der Waals surface area contributed by atoms with Crippen LogP contribution in [-0.4, -0.2) is 40.1 Å². The molecule has 1 aliphatic heterocycles.